The molecule has 0 saturated carbocycles. The van der Waals surface area contributed by atoms with E-state index in [4.69, 9.17) is 4.74 Å². The molecule has 4 rings (SSSR count). The molecule has 136 valence electrons. The first kappa shape index (κ1) is 17.0. The van der Waals surface area contributed by atoms with Crippen molar-refractivity contribution in [1.82, 2.24) is 14.9 Å². The molecule has 1 saturated heterocycles. The second-order valence-corrected chi connectivity index (χ2v) is 6.93. The number of morpholine rings is 1. The van der Waals surface area contributed by atoms with Crippen LogP contribution in [0.2, 0.25) is 0 Å². The Morgan fingerprint density at radius 2 is 2.08 bits per heavy atom. The molecule has 0 spiro atoms. The highest BCUT2D eigenvalue weighted by Gasteiger charge is 2.32. The summed E-state index contributed by atoms with van der Waals surface area (Å²) in [5.41, 5.74) is 4.31. The van der Waals surface area contributed by atoms with E-state index in [2.05, 4.69) is 27.4 Å². The largest absolute Gasteiger partial charge is 0.377 e. The van der Waals surface area contributed by atoms with Gasteiger partial charge in [-0.25, -0.2) is 9.97 Å². The minimum atomic E-state index is -0.267. The van der Waals surface area contributed by atoms with Gasteiger partial charge < -0.3 is 15.0 Å². The van der Waals surface area contributed by atoms with Crippen LogP contribution >= 0.6 is 0 Å². The summed E-state index contributed by atoms with van der Waals surface area (Å²) < 4.78 is 5.65. The molecule has 2 aliphatic rings. The molecule has 2 heterocycles. The van der Waals surface area contributed by atoms with Crippen molar-refractivity contribution in [2.45, 2.75) is 32.2 Å². The maximum atomic E-state index is 13.2. The van der Waals surface area contributed by atoms with Crippen molar-refractivity contribution >= 4 is 11.7 Å². The number of carbonyl (C=O) groups is 1. The van der Waals surface area contributed by atoms with Gasteiger partial charge in [-0.15, -0.1) is 0 Å². The number of rotatable bonds is 3. The van der Waals surface area contributed by atoms with Gasteiger partial charge in [0, 0.05) is 30.9 Å². The van der Waals surface area contributed by atoms with Crippen molar-refractivity contribution in [3.8, 4) is 0 Å². The minimum Gasteiger partial charge on any atom is -0.377 e. The fourth-order valence-corrected chi connectivity index (χ4v) is 3.80. The number of nitrogens with zero attached hydrogens (tertiary/aromatic N) is 3. The number of amides is 1. The molecule has 1 N–H and O–H groups in total. The lowest BCUT2D eigenvalue weighted by molar-refractivity contribution is -0.00523. The van der Waals surface area contributed by atoms with Gasteiger partial charge in [0.05, 0.1) is 13.2 Å². The lowest BCUT2D eigenvalue weighted by Crippen LogP contribution is -2.44. The Morgan fingerprint density at radius 3 is 2.92 bits per heavy atom. The van der Waals surface area contributed by atoms with Gasteiger partial charge >= 0.3 is 0 Å². The van der Waals surface area contributed by atoms with Gasteiger partial charge in [-0.1, -0.05) is 6.07 Å². The Balaban J connectivity index is 1.65. The van der Waals surface area contributed by atoms with E-state index in [9.17, 15) is 4.79 Å². The number of hydrogen-bond donors (Lipinski definition) is 1. The monoisotopic (exact) mass is 352 g/mol. The molecule has 1 aromatic heterocycles. The molecule has 26 heavy (non-hydrogen) atoms. The molecule has 6 nitrogen and oxygen atoms in total. The quantitative estimate of drug-likeness (QED) is 0.919. The van der Waals surface area contributed by atoms with Gasteiger partial charge in [0.1, 0.15) is 11.9 Å². The van der Waals surface area contributed by atoms with Crippen molar-refractivity contribution in [3.05, 3.63) is 52.5 Å². The predicted molar refractivity (Wildman–Crippen MR) is 99.4 cm³/mol. The first-order chi connectivity index (χ1) is 12.7. The first-order valence-electron chi connectivity index (χ1n) is 9.19. The van der Waals surface area contributed by atoms with E-state index in [1.807, 2.05) is 31.0 Å². The third kappa shape index (κ3) is 3.17. The zero-order chi connectivity index (χ0) is 18.1. The Morgan fingerprint density at radius 1 is 1.23 bits per heavy atom. The standard InChI is InChI=1S/C20H24N4O2/c1-13-10-18(21-2)23-19(22-13)17-12-26-9-8-24(17)20(25)16-7-6-14-4-3-5-15(14)11-16/h6-7,10-11,17H,3-5,8-9,12H2,1-2H3,(H,21,22,23)/t17-/m0/s1. The predicted octanol–water partition coefficient (Wildman–Crippen LogP) is 2.53. The van der Waals surface area contributed by atoms with Crippen LogP contribution < -0.4 is 5.32 Å². The minimum absolute atomic E-state index is 0.0316. The van der Waals surface area contributed by atoms with Crippen molar-refractivity contribution in [3.63, 3.8) is 0 Å². The number of benzene rings is 1. The molecule has 1 aromatic carbocycles. The number of carbonyl (C=O) groups excluding carboxylic acids is 1. The van der Waals surface area contributed by atoms with E-state index in [0.29, 0.717) is 25.6 Å². The molecule has 1 fully saturated rings. The van der Waals surface area contributed by atoms with Crippen LogP contribution in [0.5, 0.6) is 0 Å². The van der Waals surface area contributed by atoms with Crippen LogP contribution in [0.25, 0.3) is 0 Å². The first-order valence-corrected chi connectivity index (χ1v) is 9.19. The molecule has 1 aliphatic carbocycles. The van der Waals surface area contributed by atoms with Crippen LogP contribution in [0.4, 0.5) is 5.82 Å². The number of nitrogens with one attached hydrogen (secondary N) is 1. The highest BCUT2D eigenvalue weighted by atomic mass is 16.5. The van der Waals surface area contributed by atoms with Crippen LogP contribution in [-0.2, 0) is 17.6 Å². The van der Waals surface area contributed by atoms with Crippen LogP contribution in [0.3, 0.4) is 0 Å². The lowest BCUT2D eigenvalue weighted by Gasteiger charge is -2.35. The molecular formula is C20H24N4O2. The van der Waals surface area contributed by atoms with Crippen LogP contribution in [0, 0.1) is 6.92 Å². The topological polar surface area (TPSA) is 67.4 Å². The number of ether oxygens (including phenoxy) is 1. The molecule has 1 aliphatic heterocycles. The summed E-state index contributed by atoms with van der Waals surface area (Å²) in [4.78, 5) is 24.2. The van der Waals surface area contributed by atoms with Gasteiger partial charge in [-0.3, -0.25) is 4.79 Å². The number of fused-ring (bicyclic) bond motifs is 1. The molecule has 1 amide bonds. The summed E-state index contributed by atoms with van der Waals surface area (Å²) in [5, 5.41) is 3.06. The van der Waals surface area contributed by atoms with Crippen LogP contribution in [-0.4, -0.2) is 47.6 Å². The van der Waals surface area contributed by atoms with Gasteiger partial charge in [0.15, 0.2) is 5.82 Å². The molecule has 0 unspecified atom stereocenters. The van der Waals surface area contributed by atoms with Crippen molar-refractivity contribution in [1.29, 1.82) is 0 Å². The second-order valence-electron chi connectivity index (χ2n) is 6.93. The van der Waals surface area contributed by atoms with E-state index in [-0.39, 0.29) is 11.9 Å². The highest BCUT2D eigenvalue weighted by Crippen LogP contribution is 2.27. The van der Waals surface area contributed by atoms with Gasteiger partial charge in [-0.05, 0) is 49.4 Å². The van der Waals surface area contributed by atoms with Gasteiger partial charge in [0.2, 0.25) is 0 Å². The number of aromatic nitrogens is 2. The molecule has 6 heteroatoms. The third-order valence-electron chi connectivity index (χ3n) is 5.16. The van der Waals surface area contributed by atoms with E-state index < -0.39 is 0 Å². The molecular weight excluding hydrogens is 328 g/mol. The van der Waals surface area contributed by atoms with Crippen molar-refractivity contribution < 1.29 is 9.53 Å². The van der Waals surface area contributed by atoms with Gasteiger partial charge in [-0.2, -0.15) is 0 Å². The second kappa shape index (κ2) is 7.03. The fourth-order valence-electron chi connectivity index (χ4n) is 3.80. The summed E-state index contributed by atoms with van der Waals surface area (Å²) in [6, 6.07) is 7.74. The average molecular weight is 352 g/mol. The van der Waals surface area contributed by atoms with Crippen LogP contribution in [0.1, 0.15) is 45.5 Å². The maximum Gasteiger partial charge on any atom is 0.254 e. The van der Waals surface area contributed by atoms with E-state index in [1.165, 1.54) is 17.5 Å². The van der Waals surface area contributed by atoms with Crippen LogP contribution in [0.15, 0.2) is 24.3 Å². The Bertz CT molecular complexity index is 837. The Hall–Kier alpha value is -2.47. The molecule has 0 radical (unpaired) electrons. The van der Waals surface area contributed by atoms with E-state index in [1.54, 1.807) is 0 Å². The number of aryl methyl sites for hydroxylation is 3. The summed E-state index contributed by atoms with van der Waals surface area (Å²) in [6.45, 7) is 3.44. The zero-order valence-corrected chi connectivity index (χ0v) is 15.3. The summed E-state index contributed by atoms with van der Waals surface area (Å²) in [7, 11) is 1.83. The zero-order valence-electron chi connectivity index (χ0n) is 15.3. The normalized spacial score (nSPS) is 19.3. The summed E-state index contributed by atoms with van der Waals surface area (Å²) in [5.74, 6) is 1.41. The molecule has 0 bridgehead atoms. The Labute approximate surface area is 153 Å². The van der Waals surface area contributed by atoms with Gasteiger partial charge in [0.25, 0.3) is 5.91 Å². The fraction of sp³-hybridized carbons (Fsp3) is 0.450. The number of hydrogen-bond acceptors (Lipinski definition) is 5. The SMILES string of the molecule is CNc1cc(C)nc([C@@H]2COCCN2C(=O)c2ccc3c(c2)CCC3)n1. The van der Waals surface area contributed by atoms with E-state index >= 15 is 0 Å². The number of anilines is 1. The smallest absolute Gasteiger partial charge is 0.254 e. The summed E-state index contributed by atoms with van der Waals surface area (Å²) >= 11 is 0. The summed E-state index contributed by atoms with van der Waals surface area (Å²) in [6.07, 6.45) is 3.36. The lowest BCUT2D eigenvalue weighted by atomic mass is 10.0. The third-order valence-corrected chi connectivity index (χ3v) is 5.16. The average Bonchev–Trinajstić information content (AvgIpc) is 3.14. The Kier molecular flexibility index (Phi) is 4.59. The molecule has 2 aromatic rings. The van der Waals surface area contributed by atoms with Crippen molar-refractivity contribution in [2.24, 2.45) is 0 Å². The highest BCUT2D eigenvalue weighted by molar-refractivity contribution is 5.95. The van der Waals surface area contributed by atoms with E-state index in [0.717, 1.165) is 29.9 Å². The van der Waals surface area contributed by atoms with Crippen molar-refractivity contribution in [2.75, 3.05) is 32.1 Å². The maximum absolute atomic E-state index is 13.2. The molecule has 1 atom stereocenters.